The van der Waals surface area contributed by atoms with Gasteiger partial charge in [-0.1, -0.05) is 13.0 Å². The molecular weight excluding hydrogens is 245 g/mol. The molecule has 1 aliphatic heterocycles. The summed E-state index contributed by atoms with van der Waals surface area (Å²) in [5.74, 6) is 0.832. The van der Waals surface area contributed by atoms with E-state index in [1.54, 1.807) is 12.1 Å². The topological polar surface area (TPSA) is 32.7 Å². The van der Waals surface area contributed by atoms with Gasteiger partial charge in [-0.15, -0.1) is 0 Å². The van der Waals surface area contributed by atoms with Crippen LogP contribution < -0.4 is 4.74 Å². The molecule has 2 rings (SSSR count). The SMILES string of the molecule is CCN1CCC(C(CO)COc2cccc(F)c2)C1. The maximum atomic E-state index is 13.0. The van der Waals surface area contributed by atoms with Gasteiger partial charge in [-0.3, -0.25) is 0 Å². The van der Waals surface area contributed by atoms with Crippen LogP contribution in [0.4, 0.5) is 4.39 Å². The van der Waals surface area contributed by atoms with E-state index < -0.39 is 0 Å². The summed E-state index contributed by atoms with van der Waals surface area (Å²) in [5, 5.41) is 9.51. The fourth-order valence-corrected chi connectivity index (χ4v) is 2.63. The van der Waals surface area contributed by atoms with E-state index in [4.69, 9.17) is 4.74 Å². The standard InChI is InChI=1S/C15H22FNO2/c1-2-17-7-6-12(9-17)13(10-18)11-19-15-5-3-4-14(16)8-15/h3-5,8,12-13,18H,2,6-7,9-11H2,1H3. The van der Waals surface area contributed by atoms with Gasteiger partial charge < -0.3 is 14.7 Å². The summed E-state index contributed by atoms with van der Waals surface area (Å²) in [6, 6.07) is 6.14. The molecule has 1 N–H and O–H groups in total. The Morgan fingerprint density at radius 2 is 2.37 bits per heavy atom. The predicted octanol–water partition coefficient (Wildman–Crippen LogP) is 2.15. The van der Waals surface area contributed by atoms with Gasteiger partial charge in [0.2, 0.25) is 0 Å². The third kappa shape index (κ3) is 3.91. The molecule has 0 radical (unpaired) electrons. The van der Waals surface area contributed by atoms with Crippen molar-refractivity contribution in [3.8, 4) is 5.75 Å². The predicted molar refractivity (Wildman–Crippen MR) is 72.7 cm³/mol. The first-order chi connectivity index (χ1) is 9.22. The van der Waals surface area contributed by atoms with Crippen molar-refractivity contribution in [2.45, 2.75) is 13.3 Å². The van der Waals surface area contributed by atoms with Gasteiger partial charge in [-0.05, 0) is 37.6 Å². The molecule has 106 valence electrons. The number of aliphatic hydroxyl groups is 1. The molecule has 1 heterocycles. The Morgan fingerprint density at radius 3 is 3.00 bits per heavy atom. The third-order valence-corrected chi connectivity index (χ3v) is 3.92. The quantitative estimate of drug-likeness (QED) is 0.857. The van der Waals surface area contributed by atoms with E-state index >= 15 is 0 Å². The number of halogens is 1. The Labute approximate surface area is 114 Å². The minimum atomic E-state index is -0.295. The second-order valence-electron chi connectivity index (χ2n) is 5.15. The summed E-state index contributed by atoms with van der Waals surface area (Å²) in [4.78, 5) is 2.38. The Balaban J connectivity index is 1.86. The molecule has 0 bridgehead atoms. The van der Waals surface area contributed by atoms with Gasteiger partial charge in [-0.2, -0.15) is 0 Å². The second-order valence-corrected chi connectivity index (χ2v) is 5.15. The van der Waals surface area contributed by atoms with E-state index in [9.17, 15) is 9.50 Å². The lowest BCUT2D eigenvalue weighted by Crippen LogP contribution is -2.28. The number of hydrogen-bond acceptors (Lipinski definition) is 3. The molecule has 2 atom stereocenters. The molecular formula is C15H22FNO2. The molecule has 1 aliphatic rings. The van der Waals surface area contributed by atoms with E-state index in [2.05, 4.69) is 11.8 Å². The van der Waals surface area contributed by atoms with Crippen LogP contribution in [0.15, 0.2) is 24.3 Å². The molecule has 0 saturated carbocycles. The molecule has 1 fully saturated rings. The lowest BCUT2D eigenvalue weighted by molar-refractivity contribution is 0.118. The molecule has 3 nitrogen and oxygen atoms in total. The van der Waals surface area contributed by atoms with E-state index in [0.29, 0.717) is 18.3 Å². The highest BCUT2D eigenvalue weighted by Crippen LogP contribution is 2.25. The normalized spacial score (nSPS) is 21.5. The summed E-state index contributed by atoms with van der Waals surface area (Å²) in [6.45, 7) is 5.89. The average molecular weight is 267 g/mol. The minimum Gasteiger partial charge on any atom is -0.493 e. The van der Waals surface area contributed by atoms with Gasteiger partial charge in [0.25, 0.3) is 0 Å². The molecule has 1 aromatic rings. The Kier molecular flexibility index (Phi) is 5.16. The zero-order valence-electron chi connectivity index (χ0n) is 11.4. The van der Waals surface area contributed by atoms with Crippen LogP contribution in [0.25, 0.3) is 0 Å². The van der Waals surface area contributed by atoms with Crippen molar-refractivity contribution in [1.29, 1.82) is 0 Å². The zero-order valence-corrected chi connectivity index (χ0v) is 11.4. The van der Waals surface area contributed by atoms with E-state index in [0.717, 1.165) is 26.1 Å². The van der Waals surface area contributed by atoms with Gasteiger partial charge >= 0.3 is 0 Å². The lowest BCUT2D eigenvalue weighted by Gasteiger charge is -2.22. The molecule has 0 spiro atoms. The van der Waals surface area contributed by atoms with E-state index in [1.807, 2.05) is 0 Å². The molecule has 0 amide bonds. The molecule has 0 aliphatic carbocycles. The first kappa shape index (κ1) is 14.3. The molecule has 1 aromatic carbocycles. The van der Waals surface area contributed by atoms with Gasteiger partial charge in [-0.25, -0.2) is 4.39 Å². The largest absolute Gasteiger partial charge is 0.493 e. The number of hydrogen-bond donors (Lipinski definition) is 1. The molecule has 4 heteroatoms. The minimum absolute atomic E-state index is 0.123. The maximum absolute atomic E-state index is 13.0. The highest BCUT2D eigenvalue weighted by Gasteiger charge is 2.28. The molecule has 19 heavy (non-hydrogen) atoms. The van der Waals surface area contributed by atoms with Crippen molar-refractivity contribution in [2.24, 2.45) is 11.8 Å². The van der Waals surface area contributed by atoms with Crippen LogP contribution in [-0.2, 0) is 0 Å². The first-order valence-electron chi connectivity index (χ1n) is 6.94. The van der Waals surface area contributed by atoms with Crippen molar-refractivity contribution in [1.82, 2.24) is 4.90 Å². The van der Waals surface area contributed by atoms with Gasteiger partial charge in [0.15, 0.2) is 0 Å². The smallest absolute Gasteiger partial charge is 0.126 e. The van der Waals surface area contributed by atoms with Crippen LogP contribution in [0.3, 0.4) is 0 Å². The van der Waals surface area contributed by atoms with Crippen molar-refractivity contribution < 1.29 is 14.2 Å². The zero-order chi connectivity index (χ0) is 13.7. The number of benzene rings is 1. The van der Waals surface area contributed by atoms with Crippen LogP contribution in [0.5, 0.6) is 5.75 Å². The summed E-state index contributed by atoms with van der Waals surface area (Å²) in [6.07, 6.45) is 1.10. The van der Waals surface area contributed by atoms with Gasteiger partial charge in [0.05, 0.1) is 6.61 Å². The highest BCUT2D eigenvalue weighted by atomic mass is 19.1. The van der Waals surface area contributed by atoms with Crippen molar-refractivity contribution >= 4 is 0 Å². The summed E-state index contributed by atoms with van der Waals surface area (Å²) in [7, 11) is 0. The maximum Gasteiger partial charge on any atom is 0.126 e. The summed E-state index contributed by atoms with van der Waals surface area (Å²) >= 11 is 0. The molecule has 2 unspecified atom stereocenters. The van der Waals surface area contributed by atoms with Crippen LogP contribution in [-0.4, -0.2) is 42.9 Å². The van der Waals surface area contributed by atoms with Crippen molar-refractivity contribution in [2.75, 3.05) is 32.8 Å². The van der Waals surface area contributed by atoms with Crippen molar-refractivity contribution in [3.63, 3.8) is 0 Å². The number of nitrogens with zero attached hydrogens (tertiary/aromatic N) is 1. The third-order valence-electron chi connectivity index (χ3n) is 3.92. The van der Waals surface area contributed by atoms with Crippen LogP contribution in [0, 0.1) is 17.7 Å². The number of ether oxygens (including phenoxy) is 1. The van der Waals surface area contributed by atoms with E-state index in [-0.39, 0.29) is 18.3 Å². The lowest BCUT2D eigenvalue weighted by atomic mass is 9.93. The van der Waals surface area contributed by atoms with Crippen LogP contribution in [0.1, 0.15) is 13.3 Å². The van der Waals surface area contributed by atoms with E-state index in [1.165, 1.54) is 12.1 Å². The number of rotatable bonds is 6. The Bertz CT molecular complexity index is 399. The molecule has 0 aromatic heterocycles. The monoisotopic (exact) mass is 267 g/mol. The number of likely N-dealkylation sites (tertiary alicyclic amines) is 1. The second kappa shape index (κ2) is 6.87. The van der Waals surface area contributed by atoms with Crippen molar-refractivity contribution in [3.05, 3.63) is 30.1 Å². The fraction of sp³-hybridized carbons (Fsp3) is 0.600. The van der Waals surface area contributed by atoms with Gasteiger partial charge in [0.1, 0.15) is 11.6 Å². The molecule has 1 saturated heterocycles. The highest BCUT2D eigenvalue weighted by molar-refractivity contribution is 5.22. The number of aliphatic hydroxyl groups excluding tert-OH is 1. The fourth-order valence-electron chi connectivity index (χ4n) is 2.63. The average Bonchev–Trinajstić information content (AvgIpc) is 2.88. The van der Waals surface area contributed by atoms with Gasteiger partial charge in [0, 0.05) is 25.1 Å². The summed E-state index contributed by atoms with van der Waals surface area (Å²) in [5.41, 5.74) is 0. The Morgan fingerprint density at radius 1 is 1.53 bits per heavy atom. The summed E-state index contributed by atoms with van der Waals surface area (Å²) < 4.78 is 18.6. The van der Waals surface area contributed by atoms with Crippen LogP contribution in [0.2, 0.25) is 0 Å². The Hall–Kier alpha value is -1.13. The van der Waals surface area contributed by atoms with Crippen LogP contribution >= 0.6 is 0 Å². The first-order valence-corrected chi connectivity index (χ1v) is 6.94.